The predicted octanol–water partition coefficient (Wildman–Crippen LogP) is 2.75. The number of thiazole rings is 1. The minimum Gasteiger partial charge on any atom is -0.431 e. The summed E-state index contributed by atoms with van der Waals surface area (Å²) in [5, 5.41) is 2.14. The van der Waals surface area contributed by atoms with E-state index in [1.807, 2.05) is 30.3 Å². The average molecular weight is 205 g/mol. The van der Waals surface area contributed by atoms with E-state index in [1.54, 1.807) is 5.38 Å². The van der Waals surface area contributed by atoms with E-state index < -0.39 is 0 Å². The molecule has 3 nitrogen and oxygen atoms in total. The van der Waals surface area contributed by atoms with Crippen LogP contribution >= 0.6 is 11.3 Å². The molecule has 2 rings (SSSR count). The molecule has 0 aliphatic rings. The molecule has 2 aromatic rings. The summed E-state index contributed by atoms with van der Waals surface area (Å²) >= 11 is 1.30. The van der Waals surface area contributed by atoms with Gasteiger partial charge in [0.25, 0.3) is 5.19 Å². The third-order valence-corrected chi connectivity index (χ3v) is 2.31. The fraction of sp³-hybridized carbons (Fsp3) is 0. The molecule has 0 aliphatic heterocycles. The van der Waals surface area contributed by atoms with Crippen LogP contribution in [0.5, 0.6) is 10.9 Å². The molecule has 0 saturated carbocycles. The van der Waals surface area contributed by atoms with Crippen molar-refractivity contribution in [2.24, 2.45) is 0 Å². The van der Waals surface area contributed by atoms with Gasteiger partial charge in [-0.05, 0) is 12.1 Å². The first-order valence-corrected chi connectivity index (χ1v) is 4.90. The van der Waals surface area contributed by atoms with E-state index in [4.69, 9.17) is 4.74 Å². The number of rotatable bonds is 3. The predicted molar refractivity (Wildman–Crippen MR) is 54.0 cm³/mol. The van der Waals surface area contributed by atoms with Gasteiger partial charge in [0, 0.05) is 5.38 Å². The molecule has 0 amide bonds. The van der Waals surface area contributed by atoms with Gasteiger partial charge < -0.3 is 4.74 Å². The Bertz CT molecular complexity index is 425. The summed E-state index contributed by atoms with van der Waals surface area (Å²) in [6, 6.07) is 9.34. The van der Waals surface area contributed by atoms with Gasteiger partial charge in [0.2, 0.25) is 0 Å². The molecule has 0 saturated heterocycles. The van der Waals surface area contributed by atoms with Gasteiger partial charge in [-0.2, -0.15) is 4.98 Å². The number of aldehydes is 1. The van der Waals surface area contributed by atoms with Crippen LogP contribution in [0.1, 0.15) is 10.5 Å². The van der Waals surface area contributed by atoms with Gasteiger partial charge in [-0.15, -0.1) is 0 Å². The van der Waals surface area contributed by atoms with Crippen molar-refractivity contribution in [2.45, 2.75) is 0 Å². The lowest BCUT2D eigenvalue weighted by Gasteiger charge is -1.98. The van der Waals surface area contributed by atoms with Gasteiger partial charge in [0.05, 0.1) is 0 Å². The first kappa shape index (κ1) is 8.90. The Labute approximate surface area is 85.0 Å². The van der Waals surface area contributed by atoms with Crippen molar-refractivity contribution in [1.29, 1.82) is 0 Å². The standard InChI is InChI=1S/C10H7NO2S/c12-6-8-7-14-10(11-8)13-9-4-2-1-3-5-9/h1-7H. The monoisotopic (exact) mass is 205 g/mol. The van der Waals surface area contributed by atoms with Gasteiger partial charge in [-0.1, -0.05) is 29.5 Å². The van der Waals surface area contributed by atoms with Crippen LogP contribution in [-0.4, -0.2) is 11.3 Å². The quantitative estimate of drug-likeness (QED) is 0.723. The highest BCUT2D eigenvalue weighted by Gasteiger charge is 2.02. The SMILES string of the molecule is O=Cc1csc(Oc2ccccc2)n1. The molecular formula is C10H7NO2S. The third kappa shape index (κ3) is 1.97. The molecule has 0 spiro atoms. The minimum atomic E-state index is 0.404. The van der Waals surface area contributed by atoms with E-state index in [9.17, 15) is 4.79 Å². The van der Waals surface area contributed by atoms with Gasteiger partial charge in [-0.3, -0.25) is 4.79 Å². The number of hydrogen-bond acceptors (Lipinski definition) is 4. The fourth-order valence-electron chi connectivity index (χ4n) is 0.959. The maximum Gasteiger partial charge on any atom is 0.279 e. The van der Waals surface area contributed by atoms with Crippen LogP contribution in [0.4, 0.5) is 0 Å². The molecule has 70 valence electrons. The molecule has 1 aromatic carbocycles. The van der Waals surface area contributed by atoms with Crippen molar-refractivity contribution in [1.82, 2.24) is 4.98 Å². The molecule has 0 aliphatic carbocycles. The summed E-state index contributed by atoms with van der Waals surface area (Å²) in [6.45, 7) is 0. The highest BCUT2D eigenvalue weighted by molar-refractivity contribution is 7.11. The smallest absolute Gasteiger partial charge is 0.279 e. The van der Waals surface area contributed by atoms with Crippen LogP contribution < -0.4 is 4.74 Å². The van der Waals surface area contributed by atoms with Crippen LogP contribution in [0, 0.1) is 0 Å². The lowest BCUT2D eigenvalue weighted by atomic mass is 10.3. The van der Waals surface area contributed by atoms with Gasteiger partial charge >= 0.3 is 0 Å². The molecule has 0 atom stereocenters. The lowest BCUT2D eigenvalue weighted by Crippen LogP contribution is -1.83. The molecule has 0 unspecified atom stereocenters. The van der Waals surface area contributed by atoms with E-state index in [-0.39, 0.29) is 0 Å². The lowest BCUT2D eigenvalue weighted by molar-refractivity contribution is 0.111. The van der Waals surface area contributed by atoms with Crippen LogP contribution in [0.3, 0.4) is 0 Å². The van der Waals surface area contributed by atoms with E-state index in [0.29, 0.717) is 17.2 Å². The summed E-state index contributed by atoms with van der Waals surface area (Å²) in [7, 11) is 0. The Morgan fingerprint density at radius 2 is 2.07 bits per heavy atom. The highest BCUT2D eigenvalue weighted by atomic mass is 32.1. The Morgan fingerprint density at radius 1 is 1.29 bits per heavy atom. The topological polar surface area (TPSA) is 39.2 Å². The molecular weight excluding hydrogens is 198 g/mol. The van der Waals surface area contributed by atoms with Gasteiger partial charge in [0.1, 0.15) is 11.4 Å². The maximum absolute atomic E-state index is 10.4. The zero-order valence-electron chi connectivity index (χ0n) is 7.21. The largest absolute Gasteiger partial charge is 0.431 e. The number of nitrogens with zero attached hydrogens (tertiary/aromatic N) is 1. The Morgan fingerprint density at radius 3 is 2.71 bits per heavy atom. The number of ether oxygens (including phenoxy) is 1. The second-order valence-electron chi connectivity index (χ2n) is 2.57. The zero-order valence-corrected chi connectivity index (χ0v) is 8.03. The number of para-hydroxylation sites is 1. The summed E-state index contributed by atoms with van der Waals surface area (Å²) < 4.78 is 5.41. The van der Waals surface area contributed by atoms with Crippen molar-refractivity contribution in [3.05, 3.63) is 41.4 Å². The van der Waals surface area contributed by atoms with Crippen LogP contribution in [0.15, 0.2) is 35.7 Å². The molecule has 0 radical (unpaired) electrons. The van der Waals surface area contributed by atoms with Crippen LogP contribution in [0.25, 0.3) is 0 Å². The Hall–Kier alpha value is -1.68. The van der Waals surface area contributed by atoms with E-state index in [0.717, 1.165) is 5.75 Å². The second-order valence-corrected chi connectivity index (χ2v) is 3.39. The first-order valence-electron chi connectivity index (χ1n) is 4.02. The molecule has 1 aromatic heterocycles. The number of carbonyl (C=O) groups excluding carboxylic acids is 1. The van der Waals surface area contributed by atoms with Crippen molar-refractivity contribution in [2.75, 3.05) is 0 Å². The maximum atomic E-state index is 10.4. The second kappa shape index (κ2) is 4.02. The normalized spacial score (nSPS) is 9.71. The van der Waals surface area contributed by atoms with E-state index in [1.165, 1.54) is 11.3 Å². The number of carbonyl (C=O) groups is 1. The third-order valence-electron chi connectivity index (χ3n) is 1.57. The number of benzene rings is 1. The van der Waals surface area contributed by atoms with Crippen LogP contribution in [0.2, 0.25) is 0 Å². The van der Waals surface area contributed by atoms with Crippen molar-refractivity contribution < 1.29 is 9.53 Å². The van der Waals surface area contributed by atoms with Gasteiger partial charge in [-0.25, -0.2) is 0 Å². The summed E-state index contributed by atoms with van der Waals surface area (Å²) in [4.78, 5) is 14.3. The van der Waals surface area contributed by atoms with Gasteiger partial charge in [0.15, 0.2) is 6.29 Å². The average Bonchev–Trinajstić information content (AvgIpc) is 2.67. The zero-order chi connectivity index (χ0) is 9.80. The number of hydrogen-bond donors (Lipinski definition) is 0. The summed E-state index contributed by atoms with van der Waals surface area (Å²) in [5.41, 5.74) is 0.404. The number of aromatic nitrogens is 1. The Kier molecular flexibility index (Phi) is 2.55. The van der Waals surface area contributed by atoms with Crippen molar-refractivity contribution in [3.8, 4) is 10.9 Å². The van der Waals surface area contributed by atoms with Crippen molar-refractivity contribution >= 4 is 17.6 Å². The Balaban J connectivity index is 2.15. The molecule has 0 bridgehead atoms. The van der Waals surface area contributed by atoms with E-state index in [2.05, 4.69) is 4.98 Å². The summed E-state index contributed by atoms with van der Waals surface area (Å²) in [5.74, 6) is 0.722. The highest BCUT2D eigenvalue weighted by Crippen LogP contribution is 2.23. The molecule has 0 fully saturated rings. The summed E-state index contributed by atoms with van der Waals surface area (Å²) in [6.07, 6.45) is 0.703. The fourth-order valence-corrected chi connectivity index (χ4v) is 1.59. The molecule has 14 heavy (non-hydrogen) atoms. The first-order chi connectivity index (χ1) is 6.88. The minimum absolute atomic E-state index is 0.404. The van der Waals surface area contributed by atoms with Crippen molar-refractivity contribution in [3.63, 3.8) is 0 Å². The van der Waals surface area contributed by atoms with E-state index >= 15 is 0 Å². The molecule has 4 heteroatoms. The molecule has 0 N–H and O–H groups in total. The van der Waals surface area contributed by atoms with Crippen LogP contribution in [-0.2, 0) is 0 Å². The molecule has 1 heterocycles.